The van der Waals surface area contributed by atoms with E-state index in [1.165, 1.54) is 22.1 Å². The Morgan fingerprint density at radius 3 is 2.82 bits per heavy atom. The van der Waals surface area contributed by atoms with Crippen LogP contribution in [0, 0.1) is 9.49 Å². The summed E-state index contributed by atoms with van der Waals surface area (Å²) in [5.74, 6) is 0.740. The Morgan fingerprint density at radius 1 is 1.64 bits per heavy atom. The second kappa shape index (κ2) is 2.79. The molecule has 1 aromatic heterocycles. The van der Waals surface area contributed by atoms with E-state index in [4.69, 9.17) is 5.73 Å². The van der Waals surface area contributed by atoms with Crippen LogP contribution in [0.25, 0.3) is 0 Å². The fourth-order valence-electron chi connectivity index (χ4n) is 1.29. The Balaban J connectivity index is 2.14. The number of nitrogens with one attached hydrogen (secondary N) is 1. The van der Waals surface area contributed by atoms with Crippen LogP contribution in [0.15, 0.2) is 12.3 Å². The van der Waals surface area contributed by atoms with Crippen LogP contribution in [0.1, 0.15) is 24.6 Å². The zero-order valence-corrected chi connectivity index (χ0v) is 8.34. The van der Waals surface area contributed by atoms with Crippen molar-refractivity contribution in [2.45, 2.75) is 18.9 Å². The van der Waals surface area contributed by atoms with Gasteiger partial charge in [0, 0.05) is 21.5 Å². The maximum atomic E-state index is 5.98. The van der Waals surface area contributed by atoms with Gasteiger partial charge in [-0.05, 0) is 47.4 Å². The summed E-state index contributed by atoms with van der Waals surface area (Å²) in [7, 11) is 0. The summed E-state index contributed by atoms with van der Waals surface area (Å²) >= 11 is 2.29. The first-order chi connectivity index (χ1) is 5.27. The molecule has 0 spiro atoms. The standard InChI is InChI=1S/C8H11IN2/c9-6-3-7(11-4-6)8(10)5-1-2-5/h3-5,8,11H,1-2,10H2. The van der Waals surface area contributed by atoms with Crippen LogP contribution in [0.2, 0.25) is 0 Å². The highest BCUT2D eigenvalue weighted by molar-refractivity contribution is 14.1. The molecule has 1 aliphatic rings. The van der Waals surface area contributed by atoms with Crippen LogP contribution in [0.5, 0.6) is 0 Å². The third kappa shape index (κ3) is 1.59. The lowest BCUT2D eigenvalue weighted by atomic mass is 10.1. The second-order valence-corrected chi connectivity index (χ2v) is 4.38. The van der Waals surface area contributed by atoms with Crippen molar-refractivity contribution in [1.29, 1.82) is 0 Å². The molecule has 1 aromatic rings. The molecule has 2 rings (SSSR count). The number of H-pyrrole nitrogens is 1. The maximum absolute atomic E-state index is 5.98. The molecule has 0 aliphatic heterocycles. The highest BCUT2D eigenvalue weighted by Crippen LogP contribution is 2.39. The summed E-state index contributed by atoms with van der Waals surface area (Å²) in [5, 5.41) is 0. The number of hydrogen-bond acceptors (Lipinski definition) is 1. The maximum Gasteiger partial charge on any atom is 0.0476 e. The average Bonchev–Trinajstić information content (AvgIpc) is 2.74. The van der Waals surface area contributed by atoms with Crippen molar-refractivity contribution in [1.82, 2.24) is 4.98 Å². The van der Waals surface area contributed by atoms with Gasteiger partial charge in [0.1, 0.15) is 0 Å². The van der Waals surface area contributed by atoms with E-state index in [1.54, 1.807) is 0 Å². The van der Waals surface area contributed by atoms with E-state index in [9.17, 15) is 0 Å². The van der Waals surface area contributed by atoms with Gasteiger partial charge in [-0.3, -0.25) is 0 Å². The van der Waals surface area contributed by atoms with Gasteiger partial charge in [0.25, 0.3) is 0 Å². The van der Waals surface area contributed by atoms with E-state index in [0.717, 1.165) is 5.92 Å². The summed E-state index contributed by atoms with van der Waals surface area (Å²) in [6.07, 6.45) is 4.60. The van der Waals surface area contributed by atoms with E-state index >= 15 is 0 Å². The van der Waals surface area contributed by atoms with Gasteiger partial charge in [0.05, 0.1) is 0 Å². The summed E-state index contributed by atoms with van der Waals surface area (Å²) in [6.45, 7) is 0. The molecule has 1 unspecified atom stereocenters. The molecule has 0 amide bonds. The van der Waals surface area contributed by atoms with Gasteiger partial charge in [-0.25, -0.2) is 0 Å². The number of nitrogens with two attached hydrogens (primary N) is 1. The minimum absolute atomic E-state index is 0.249. The van der Waals surface area contributed by atoms with Crippen LogP contribution in [-0.2, 0) is 0 Å². The Bertz CT molecular complexity index is 252. The molecule has 1 fully saturated rings. The minimum Gasteiger partial charge on any atom is -0.363 e. The van der Waals surface area contributed by atoms with Gasteiger partial charge in [-0.2, -0.15) is 0 Å². The molecule has 0 radical (unpaired) electrons. The van der Waals surface area contributed by atoms with Gasteiger partial charge in [-0.15, -0.1) is 0 Å². The van der Waals surface area contributed by atoms with Crippen molar-refractivity contribution in [3.05, 3.63) is 21.5 Å². The number of aromatic nitrogens is 1. The quantitative estimate of drug-likeness (QED) is 0.787. The third-order valence-corrected chi connectivity index (χ3v) is 2.78. The summed E-state index contributed by atoms with van der Waals surface area (Å²) in [4.78, 5) is 3.19. The monoisotopic (exact) mass is 262 g/mol. The number of aromatic amines is 1. The van der Waals surface area contributed by atoms with Gasteiger partial charge >= 0.3 is 0 Å². The Kier molecular flexibility index (Phi) is 1.93. The molecule has 3 N–H and O–H groups in total. The summed E-state index contributed by atoms with van der Waals surface area (Å²) < 4.78 is 1.24. The molecule has 1 atom stereocenters. The molecule has 0 saturated heterocycles. The lowest BCUT2D eigenvalue weighted by molar-refractivity contribution is 0.618. The minimum atomic E-state index is 0.249. The SMILES string of the molecule is NC(c1cc(I)c[nH]1)C1CC1. The van der Waals surface area contributed by atoms with Crippen molar-refractivity contribution in [2.75, 3.05) is 0 Å². The molecular weight excluding hydrogens is 251 g/mol. The highest BCUT2D eigenvalue weighted by atomic mass is 127. The van der Waals surface area contributed by atoms with Crippen LogP contribution in [0.3, 0.4) is 0 Å². The van der Waals surface area contributed by atoms with Gasteiger partial charge in [-0.1, -0.05) is 0 Å². The molecule has 3 heteroatoms. The molecule has 60 valence electrons. The smallest absolute Gasteiger partial charge is 0.0476 e. The molecule has 2 nitrogen and oxygen atoms in total. The fraction of sp³-hybridized carbons (Fsp3) is 0.500. The van der Waals surface area contributed by atoms with Gasteiger partial charge in [0.15, 0.2) is 0 Å². The first-order valence-corrected chi connectivity index (χ1v) is 4.94. The molecule has 0 aromatic carbocycles. The lowest BCUT2D eigenvalue weighted by Gasteiger charge is -2.06. The van der Waals surface area contributed by atoms with E-state index < -0.39 is 0 Å². The summed E-state index contributed by atoms with van der Waals surface area (Å²) in [5.41, 5.74) is 7.17. The topological polar surface area (TPSA) is 41.8 Å². The van der Waals surface area contributed by atoms with E-state index in [2.05, 4.69) is 33.6 Å². The number of halogens is 1. The first kappa shape index (κ1) is 7.61. The molecular formula is C8H11IN2. The second-order valence-electron chi connectivity index (χ2n) is 3.14. The first-order valence-electron chi connectivity index (χ1n) is 3.87. The third-order valence-electron chi connectivity index (χ3n) is 2.16. The van der Waals surface area contributed by atoms with Gasteiger partial charge in [0.2, 0.25) is 0 Å². The largest absolute Gasteiger partial charge is 0.363 e. The zero-order valence-electron chi connectivity index (χ0n) is 6.18. The highest BCUT2D eigenvalue weighted by Gasteiger charge is 2.30. The average molecular weight is 262 g/mol. The Morgan fingerprint density at radius 2 is 2.36 bits per heavy atom. The van der Waals surface area contributed by atoms with Crippen molar-refractivity contribution in [2.24, 2.45) is 11.7 Å². The fourth-order valence-corrected chi connectivity index (χ4v) is 1.78. The van der Waals surface area contributed by atoms with Crippen LogP contribution >= 0.6 is 22.6 Å². The van der Waals surface area contributed by atoms with Crippen LogP contribution in [0.4, 0.5) is 0 Å². The predicted molar refractivity (Wildman–Crippen MR) is 53.2 cm³/mol. The number of hydrogen-bond donors (Lipinski definition) is 2. The van der Waals surface area contributed by atoms with E-state index in [-0.39, 0.29) is 6.04 Å². The zero-order chi connectivity index (χ0) is 7.84. The van der Waals surface area contributed by atoms with Crippen molar-refractivity contribution < 1.29 is 0 Å². The lowest BCUT2D eigenvalue weighted by Crippen LogP contribution is -2.12. The van der Waals surface area contributed by atoms with Crippen molar-refractivity contribution >= 4 is 22.6 Å². The van der Waals surface area contributed by atoms with Crippen molar-refractivity contribution in [3.63, 3.8) is 0 Å². The molecule has 1 heterocycles. The van der Waals surface area contributed by atoms with Crippen LogP contribution in [-0.4, -0.2) is 4.98 Å². The van der Waals surface area contributed by atoms with E-state index in [1.807, 2.05) is 6.20 Å². The summed E-state index contributed by atoms with van der Waals surface area (Å²) in [6, 6.07) is 2.38. The Hall–Kier alpha value is -0.0300. The number of rotatable bonds is 2. The van der Waals surface area contributed by atoms with E-state index in [0.29, 0.717) is 0 Å². The van der Waals surface area contributed by atoms with Crippen LogP contribution < -0.4 is 5.73 Å². The molecule has 0 bridgehead atoms. The van der Waals surface area contributed by atoms with Gasteiger partial charge < -0.3 is 10.7 Å². The normalized spacial score (nSPS) is 20.2. The molecule has 11 heavy (non-hydrogen) atoms. The Labute approximate surface area is 79.7 Å². The van der Waals surface area contributed by atoms with Crippen molar-refractivity contribution in [3.8, 4) is 0 Å². The predicted octanol–water partition coefficient (Wildman–Crippen LogP) is 2.03. The molecule has 1 aliphatic carbocycles. The molecule has 1 saturated carbocycles.